The number of hydrogen-bond donors (Lipinski definition) is 0. The van der Waals surface area contributed by atoms with E-state index in [-0.39, 0.29) is 16.9 Å². The number of amides is 1. The molecule has 0 bridgehead atoms. The molecule has 0 aromatic carbocycles. The predicted molar refractivity (Wildman–Crippen MR) is 100 cm³/mol. The van der Waals surface area contributed by atoms with Crippen molar-refractivity contribution in [2.75, 3.05) is 13.2 Å². The molecule has 1 aromatic rings. The van der Waals surface area contributed by atoms with E-state index in [0.717, 1.165) is 38.2 Å². The van der Waals surface area contributed by atoms with Gasteiger partial charge in [0.2, 0.25) is 5.91 Å². The molecule has 1 atom stereocenters. The summed E-state index contributed by atoms with van der Waals surface area (Å²) in [4.78, 5) is 14.0. The average molecular weight is 350 g/mol. The minimum Gasteiger partial charge on any atom is -0.467 e. The molecule has 0 unspecified atom stereocenters. The highest BCUT2D eigenvalue weighted by Crippen LogP contribution is 2.45. The van der Waals surface area contributed by atoms with E-state index >= 15 is 0 Å². The number of ether oxygens (including phenoxy) is 1. The molecule has 0 spiro atoms. The van der Waals surface area contributed by atoms with Crippen LogP contribution in [0.2, 0.25) is 0 Å². The fourth-order valence-corrected chi connectivity index (χ4v) is 4.04. The van der Waals surface area contributed by atoms with Crippen LogP contribution < -0.4 is 0 Å². The third-order valence-electron chi connectivity index (χ3n) is 5.46. The Balaban J connectivity index is 2.05. The Hall–Kier alpha value is -1.29. The van der Waals surface area contributed by atoms with Crippen LogP contribution >= 0.6 is 0 Å². The number of nitrogens with zero attached hydrogens (tertiary/aromatic N) is 1. The molecular formula is C21H35NO3. The molecule has 4 nitrogen and oxygen atoms in total. The van der Waals surface area contributed by atoms with Crippen LogP contribution in [0.3, 0.4) is 0 Å². The van der Waals surface area contributed by atoms with Crippen molar-refractivity contribution in [2.45, 2.75) is 78.9 Å². The lowest BCUT2D eigenvalue weighted by molar-refractivity contribution is -0.132. The van der Waals surface area contributed by atoms with Gasteiger partial charge in [0.1, 0.15) is 5.76 Å². The molecule has 142 valence electrons. The van der Waals surface area contributed by atoms with Gasteiger partial charge in [0.05, 0.1) is 18.4 Å². The Morgan fingerprint density at radius 2 is 2.08 bits per heavy atom. The summed E-state index contributed by atoms with van der Waals surface area (Å²) in [6.45, 7) is 12.8. The van der Waals surface area contributed by atoms with Gasteiger partial charge in [0, 0.05) is 20.1 Å². The standard InChI is InChI=1S/C21H35NO3/c1-17(2)8-9-21(11-14-25-20(4,5)16-21)10-12-22(18(3)23)15-19-7-6-13-24-19/h6-7,13,17H,8-12,14-16H2,1-5H3/t21-/m0/s1. The third-order valence-corrected chi connectivity index (χ3v) is 5.46. The fraction of sp³-hybridized carbons (Fsp3) is 0.762. The van der Waals surface area contributed by atoms with E-state index in [1.807, 2.05) is 17.0 Å². The molecule has 0 N–H and O–H groups in total. The van der Waals surface area contributed by atoms with Crippen LogP contribution in [0.25, 0.3) is 0 Å². The van der Waals surface area contributed by atoms with Crippen LogP contribution in [0.15, 0.2) is 22.8 Å². The lowest BCUT2D eigenvalue weighted by atomic mass is 9.68. The van der Waals surface area contributed by atoms with Crippen LogP contribution in [0, 0.1) is 11.3 Å². The Labute approximate surface area is 152 Å². The van der Waals surface area contributed by atoms with Crippen molar-refractivity contribution < 1.29 is 13.9 Å². The van der Waals surface area contributed by atoms with Crippen molar-refractivity contribution in [3.8, 4) is 0 Å². The SMILES string of the molecule is CC(=O)N(CC[C@@]1(CCC(C)C)CCOC(C)(C)C1)Cc1ccco1. The van der Waals surface area contributed by atoms with E-state index in [1.165, 1.54) is 12.8 Å². The van der Waals surface area contributed by atoms with Gasteiger partial charge >= 0.3 is 0 Å². The summed E-state index contributed by atoms with van der Waals surface area (Å²) in [5, 5.41) is 0. The molecule has 1 aliphatic rings. The molecule has 25 heavy (non-hydrogen) atoms. The minimum atomic E-state index is -0.0721. The first-order valence-electron chi connectivity index (χ1n) is 9.63. The lowest BCUT2D eigenvalue weighted by Gasteiger charge is -2.46. The van der Waals surface area contributed by atoms with Crippen molar-refractivity contribution in [1.82, 2.24) is 4.90 Å². The predicted octanol–water partition coefficient (Wildman–Crippen LogP) is 5.03. The molecule has 0 aliphatic carbocycles. The molecule has 1 aliphatic heterocycles. The molecule has 2 rings (SSSR count). The van der Waals surface area contributed by atoms with Crippen LogP contribution in [-0.2, 0) is 16.1 Å². The monoisotopic (exact) mass is 349 g/mol. The zero-order chi connectivity index (χ0) is 18.5. The molecule has 1 amide bonds. The maximum Gasteiger partial charge on any atom is 0.219 e. The molecule has 0 saturated carbocycles. The summed E-state index contributed by atoms with van der Waals surface area (Å²) in [5.41, 5.74) is 0.195. The minimum absolute atomic E-state index is 0.0721. The molecule has 1 fully saturated rings. The van der Waals surface area contributed by atoms with Gasteiger partial charge in [0.25, 0.3) is 0 Å². The van der Waals surface area contributed by atoms with Crippen molar-refractivity contribution in [1.29, 1.82) is 0 Å². The largest absolute Gasteiger partial charge is 0.467 e. The molecule has 0 radical (unpaired) electrons. The van der Waals surface area contributed by atoms with Crippen molar-refractivity contribution >= 4 is 5.91 Å². The summed E-state index contributed by atoms with van der Waals surface area (Å²) in [5.74, 6) is 1.66. The quantitative estimate of drug-likeness (QED) is 0.661. The van der Waals surface area contributed by atoms with Gasteiger partial charge in [-0.25, -0.2) is 0 Å². The van der Waals surface area contributed by atoms with Gasteiger partial charge < -0.3 is 14.1 Å². The first-order valence-corrected chi connectivity index (χ1v) is 9.63. The number of hydrogen-bond acceptors (Lipinski definition) is 3. The van der Waals surface area contributed by atoms with Crippen LogP contribution in [0.5, 0.6) is 0 Å². The van der Waals surface area contributed by atoms with Crippen molar-refractivity contribution in [3.05, 3.63) is 24.2 Å². The molecule has 1 aromatic heterocycles. The highest BCUT2D eigenvalue weighted by Gasteiger charge is 2.40. The maximum atomic E-state index is 12.1. The highest BCUT2D eigenvalue weighted by molar-refractivity contribution is 5.73. The summed E-state index contributed by atoms with van der Waals surface area (Å²) >= 11 is 0. The molecule has 2 heterocycles. The number of carbonyl (C=O) groups is 1. The van der Waals surface area contributed by atoms with E-state index < -0.39 is 0 Å². The summed E-state index contributed by atoms with van der Waals surface area (Å²) in [6.07, 6.45) is 7.30. The van der Waals surface area contributed by atoms with E-state index in [0.29, 0.717) is 12.5 Å². The Bertz CT molecular complexity index is 535. The summed E-state index contributed by atoms with van der Waals surface area (Å²) in [7, 11) is 0. The fourth-order valence-electron chi connectivity index (χ4n) is 4.04. The average Bonchev–Trinajstić information content (AvgIpc) is 3.01. The second-order valence-electron chi connectivity index (χ2n) is 8.74. The van der Waals surface area contributed by atoms with Gasteiger partial charge in [0.15, 0.2) is 0 Å². The molecular weight excluding hydrogens is 314 g/mol. The number of carbonyl (C=O) groups excluding carboxylic acids is 1. The van der Waals surface area contributed by atoms with Gasteiger partial charge in [-0.3, -0.25) is 4.79 Å². The van der Waals surface area contributed by atoms with Gasteiger partial charge in [-0.2, -0.15) is 0 Å². The van der Waals surface area contributed by atoms with E-state index in [1.54, 1.807) is 13.2 Å². The topological polar surface area (TPSA) is 42.7 Å². The zero-order valence-corrected chi connectivity index (χ0v) is 16.6. The van der Waals surface area contributed by atoms with Gasteiger partial charge in [-0.05, 0) is 63.0 Å². The highest BCUT2D eigenvalue weighted by atomic mass is 16.5. The zero-order valence-electron chi connectivity index (χ0n) is 16.6. The van der Waals surface area contributed by atoms with Crippen LogP contribution in [-0.4, -0.2) is 29.6 Å². The van der Waals surface area contributed by atoms with E-state index in [4.69, 9.17) is 9.15 Å². The Morgan fingerprint density at radius 3 is 2.64 bits per heavy atom. The van der Waals surface area contributed by atoms with Crippen LogP contribution in [0.1, 0.15) is 72.5 Å². The maximum absolute atomic E-state index is 12.1. The van der Waals surface area contributed by atoms with Gasteiger partial charge in [-0.15, -0.1) is 0 Å². The first-order chi connectivity index (χ1) is 11.7. The number of rotatable bonds is 8. The number of furan rings is 1. The molecule has 4 heteroatoms. The van der Waals surface area contributed by atoms with Crippen molar-refractivity contribution in [2.24, 2.45) is 11.3 Å². The third kappa shape index (κ3) is 6.18. The Kier molecular flexibility index (Phi) is 6.72. The van der Waals surface area contributed by atoms with E-state index in [9.17, 15) is 4.79 Å². The first kappa shape index (κ1) is 20.0. The van der Waals surface area contributed by atoms with Gasteiger partial charge in [-0.1, -0.05) is 20.3 Å². The smallest absolute Gasteiger partial charge is 0.219 e. The summed E-state index contributed by atoms with van der Waals surface area (Å²) in [6, 6.07) is 3.81. The summed E-state index contributed by atoms with van der Waals surface area (Å²) < 4.78 is 11.4. The van der Waals surface area contributed by atoms with E-state index in [2.05, 4.69) is 27.7 Å². The second-order valence-corrected chi connectivity index (χ2v) is 8.74. The molecule has 1 saturated heterocycles. The van der Waals surface area contributed by atoms with Crippen LogP contribution in [0.4, 0.5) is 0 Å². The second kappa shape index (κ2) is 8.39. The Morgan fingerprint density at radius 1 is 1.32 bits per heavy atom. The lowest BCUT2D eigenvalue weighted by Crippen LogP contribution is -2.43. The van der Waals surface area contributed by atoms with Crippen molar-refractivity contribution in [3.63, 3.8) is 0 Å². The normalized spacial score (nSPS) is 23.0.